The van der Waals surface area contributed by atoms with E-state index in [1.807, 2.05) is 13.0 Å². The van der Waals surface area contributed by atoms with Gasteiger partial charge in [-0.1, -0.05) is 24.2 Å². The molecule has 0 aliphatic heterocycles. The molecule has 0 aromatic heterocycles. The topological polar surface area (TPSA) is 29.5 Å². The molecule has 0 aliphatic rings. The quantitative estimate of drug-likeness (QED) is 0.845. The number of hydrogen-bond acceptors (Lipinski definition) is 2. The van der Waals surface area contributed by atoms with E-state index in [0.717, 1.165) is 16.9 Å². The van der Waals surface area contributed by atoms with Crippen LogP contribution in [0, 0.1) is 6.92 Å². The summed E-state index contributed by atoms with van der Waals surface area (Å²) in [6, 6.07) is 3.62. The van der Waals surface area contributed by atoms with Crippen molar-refractivity contribution >= 4 is 29.5 Å². The van der Waals surface area contributed by atoms with E-state index in [2.05, 4.69) is 12.6 Å². The molecule has 1 rings (SSSR count). The molecule has 0 unspecified atom stereocenters. The number of aryl methyl sites for hydroxylation is 1. The van der Waals surface area contributed by atoms with Gasteiger partial charge in [-0.3, -0.25) is 4.79 Å². The second kappa shape index (κ2) is 5.46. The maximum atomic E-state index is 11.0. The third-order valence-electron chi connectivity index (χ3n) is 2.25. The van der Waals surface area contributed by atoms with Gasteiger partial charge < -0.3 is 9.64 Å². The molecule has 0 radical (unpaired) electrons. The van der Waals surface area contributed by atoms with Crippen LogP contribution in [0.1, 0.15) is 11.1 Å². The van der Waals surface area contributed by atoms with Crippen LogP contribution in [0.2, 0.25) is 5.02 Å². The number of methoxy groups -OCH3 is 1. The number of rotatable bonds is 3. The van der Waals surface area contributed by atoms with Crippen LogP contribution in [0.3, 0.4) is 0 Å². The molecule has 0 fully saturated rings. The summed E-state index contributed by atoms with van der Waals surface area (Å²) in [5, 5.41) is 0.341. The largest absolute Gasteiger partial charge is 0.496 e. The molecule has 0 N–H and O–H groups in total. The predicted molar refractivity (Wildman–Crippen MR) is 68.6 cm³/mol. The second-order valence-corrected chi connectivity index (χ2v) is 4.37. The summed E-state index contributed by atoms with van der Waals surface area (Å²) in [6.07, 6.45) is 0. The molecule has 3 nitrogen and oxygen atoms in total. The highest BCUT2D eigenvalue weighted by Crippen LogP contribution is 2.28. The summed E-state index contributed by atoms with van der Waals surface area (Å²) in [6.45, 7) is 2.34. The highest BCUT2D eigenvalue weighted by atomic mass is 35.5. The molecule has 0 atom stereocenters. The van der Waals surface area contributed by atoms with Crippen molar-refractivity contribution in [3.8, 4) is 5.75 Å². The van der Waals surface area contributed by atoms with Crippen molar-refractivity contribution in [2.24, 2.45) is 0 Å². The van der Waals surface area contributed by atoms with Gasteiger partial charge in [-0.2, -0.15) is 0 Å². The van der Waals surface area contributed by atoms with Crippen LogP contribution in [0.5, 0.6) is 5.75 Å². The van der Waals surface area contributed by atoms with Crippen molar-refractivity contribution < 1.29 is 9.53 Å². The fourth-order valence-electron chi connectivity index (χ4n) is 1.53. The van der Waals surface area contributed by atoms with Crippen molar-refractivity contribution in [1.82, 2.24) is 4.90 Å². The Morgan fingerprint density at radius 3 is 2.69 bits per heavy atom. The van der Waals surface area contributed by atoms with Crippen LogP contribution in [0.15, 0.2) is 12.1 Å². The summed E-state index contributed by atoms with van der Waals surface area (Å²) in [5.74, 6) is 0.755. The van der Waals surface area contributed by atoms with Crippen LogP contribution >= 0.6 is 24.2 Å². The Morgan fingerprint density at radius 2 is 2.19 bits per heavy atom. The lowest BCUT2D eigenvalue weighted by atomic mass is 10.1. The maximum absolute atomic E-state index is 11.0. The molecule has 0 saturated carbocycles. The smallest absolute Gasteiger partial charge is 0.278 e. The number of carbonyl (C=O) groups excluding carboxylic acids is 1. The normalized spacial score (nSPS) is 10.1. The highest BCUT2D eigenvalue weighted by Gasteiger charge is 2.12. The van der Waals surface area contributed by atoms with Gasteiger partial charge in [0.05, 0.1) is 7.11 Å². The minimum atomic E-state index is -0.292. The van der Waals surface area contributed by atoms with Gasteiger partial charge in [0, 0.05) is 24.2 Å². The van der Waals surface area contributed by atoms with Crippen molar-refractivity contribution in [3.63, 3.8) is 0 Å². The lowest BCUT2D eigenvalue weighted by Gasteiger charge is -2.18. The zero-order valence-corrected chi connectivity index (χ0v) is 11.1. The third-order valence-corrected chi connectivity index (χ3v) is 2.81. The number of benzene rings is 1. The first-order valence-electron chi connectivity index (χ1n) is 4.72. The van der Waals surface area contributed by atoms with Crippen LogP contribution in [-0.4, -0.2) is 24.3 Å². The van der Waals surface area contributed by atoms with Crippen LogP contribution in [0.4, 0.5) is 4.79 Å². The van der Waals surface area contributed by atoms with E-state index in [9.17, 15) is 4.79 Å². The Kier molecular flexibility index (Phi) is 4.50. The van der Waals surface area contributed by atoms with E-state index >= 15 is 0 Å². The molecular formula is C11H14ClNO2S. The third kappa shape index (κ3) is 3.06. The van der Waals surface area contributed by atoms with E-state index < -0.39 is 0 Å². The zero-order chi connectivity index (χ0) is 12.3. The number of amides is 1. The van der Waals surface area contributed by atoms with E-state index in [0.29, 0.717) is 11.6 Å². The number of ether oxygens (including phenoxy) is 1. The maximum Gasteiger partial charge on any atom is 0.278 e. The number of halogens is 1. The van der Waals surface area contributed by atoms with Gasteiger partial charge in [-0.05, 0) is 24.6 Å². The van der Waals surface area contributed by atoms with Crippen LogP contribution in [-0.2, 0) is 6.54 Å². The summed E-state index contributed by atoms with van der Waals surface area (Å²) in [5.41, 5.74) is 1.82. The van der Waals surface area contributed by atoms with Gasteiger partial charge in [-0.25, -0.2) is 0 Å². The van der Waals surface area contributed by atoms with Gasteiger partial charge in [0.1, 0.15) is 5.75 Å². The Labute approximate surface area is 106 Å². The number of carbonyl (C=O) groups is 1. The lowest BCUT2D eigenvalue weighted by Crippen LogP contribution is -2.20. The average molecular weight is 260 g/mol. The van der Waals surface area contributed by atoms with Gasteiger partial charge in [0.15, 0.2) is 0 Å². The standard InChI is InChI=1S/C11H14ClNO2S/c1-7-4-9(12)5-8(10(7)15-3)6-13(2)11(14)16/h4-5H,6H2,1-3H3,(H,14,16). The first-order valence-corrected chi connectivity index (χ1v) is 5.55. The Morgan fingerprint density at radius 1 is 1.56 bits per heavy atom. The van der Waals surface area contributed by atoms with Crippen molar-refractivity contribution in [1.29, 1.82) is 0 Å². The summed E-state index contributed by atoms with van der Waals surface area (Å²) in [7, 11) is 3.27. The predicted octanol–water partition coefficient (Wildman–Crippen LogP) is 3.14. The molecule has 0 aliphatic carbocycles. The fraction of sp³-hybridized carbons (Fsp3) is 0.364. The van der Waals surface area contributed by atoms with Crippen LogP contribution in [0.25, 0.3) is 0 Å². The molecular weight excluding hydrogens is 246 g/mol. The van der Waals surface area contributed by atoms with Gasteiger partial charge >= 0.3 is 0 Å². The number of hydrogen-bond donors (Lipinski definition) is 1. The monoisotopic (exact) mass is 259 g/mol. The molecule has 0 bridgehead atoms. The molecule has 1 aromatic rings. The van der Waals surface area contributed by atoms with Gasteiger partial charge in [0.2, 0.25) is 0 Å². The van der Waals surface area contributed by atoms with E-state index in [4.69, 9.17) is 16.3 Å². The minimum absolute atomic E-state index is 0.292. The second-order valence-electron chi connectivity index (χ2n) is 3.55. The van der Waals surface area contributed by atoms with Crippen molar-refractivity contribution in [3.05, 3.63) is 28.3 Å². The molecule has 5 heteroatoms. The van der Waals surface area contributed by atoms with Crippen LogP contribution < -0.4 is 4.74 Å². The Balaban J connectivity index is 3.07. The fourth-order valence-corrected chi connectivity index (χ4v) is 1.90. The molecule has 1 aromatic carbocycles. The molecule has 1 amide bonds. The number of thiol groups is 1. The molecule has 0 heterocycles. The molecule has 16 heavy (non-hydrogen) atoms. The van der Waals surface area contributed by atoms with E-state index in [1.54, 1.807) is 20.2 Å². The molecule has 0 spiro atoms. The zero-order valence-electron chi connectivity index (χ0n) is 9.45. The first-order chi connectivity index (χ1) is 7.45. The Hall–Kier alpha value is -0.870. The van der Waals surface area contributed by atoms with Crippen molar-refractivity contribution in [2.45, 2.75) is 13.5 Å². The summed E-state index contributed by atoms with van der Waals surface area (Å²) >= 11 is 9.72. The first kappa shape index (κ1) is 13.2. The summed E-state index contributed by atoms with van der Waals surface area (Å²) in [4.78, 5) is 12.5. The summed E-state index contributed by atoms with van der Waals surface area (Å²) < 4.78 is 5.29. The average Bonchev–Trinajstić information content (AvgIpc) is 2.16. The van der Waals surface area contributed by atoms with E-state index in [1.165, 1.54) is 4.90 Å². The molecule has 0 saturated heterocycles. The van der Waals surface area contributed by atoms with Gasteiger partial charge in [0.25, 0.3) is 5.24 Å². The Bertz CT molecular complexity index is 409. The van der Waals surface area contributed by atoms with Crippen molar-refractivity contribution in [2.75, 3.05) is 14.2 Å². The lowest BCUT2D eigenvalue weighted by molar-refractivity contribution is 0.231. The highest BCUT2D eigenvalue weighted by molar-refractivity contribution is 7.96. The van der Waals surface area contributed by atoms with Gasteiger partial charge in [-0.15, -0.1) is 0 Å². The van der Waals surface area contributed by atoms with E-state index in [-0.39, 0.29) is 5.24 Å². The SMILES string of the molecule is COc1c(C)cc(Cl)cc1CN(C)C(=O)S. The number of nitrogens with zero attached hydrogens (tertiary/aromatic N) is 1. The minimum Gasteiger partial charge on any atom is -0.496 e. The molecule has 88 valence electrons.